The first-order chi connectivity index (χ1) is 13.4. The predicted octanol–water partition coefficient (Wildman–Crippen LogP) is 4.76. The number of likely N-dealkylation sites (N-methyl/N-ethyl adjacent to an activating group) is 1. The van der Waals surface area contributed by atoms with Gasteiger partial charge in [-0.05, 0) is 38.8 Å². The van der Waals surface area contributed by atoms with E-state index in [4.69, 9.17) is 9.47 Å². The third-order valence-electron chi connectivity index (χ3n) is 4.70. The van der Waals surface area contributed by atoms with Gasteiger partial charge in [-0.25, -0.2) is 4.79 Å². The number of alkyl carbamates (subject to hydrolysis) is 1. The van der Waals surface area contributed by atoms with Crippen molar-refractivity contribution in [2.75, 3.05) is 33.3 Å². The van der Waals surface area contributed by atoms with Crippen LogP contribution in [0.5, 0.6) is 0 Å². The Morgan fingerprint density at radius 2 is 1.68 bits per heavy atom. The third kappa shape index (κ3) is 16.8. The first-order valence-electron chi connectivity index (χ1n) is 11.2. The van der Waals surface area contributed by atoms with Gasteiger partial charge in [-0.1, -0.05) is 59.8 Å². The molecule has 28 heavy (non-hydrogen) atoms. The molecule has 0 aromatic heterocycles. The zero-order chi connectivity index (χ0) is 21.2. The monoisotopic (exact) mass is 400 g/mol. The number of hydrogen-bond donors (Lipinski definition) is 1. The Hall–Kier alpha value is -1.30. The lowest BCUT2D eigenvalue weighted by Gasteiger charge is -2.19. The standard InChI is InChI=1S/C22H44N2O4/c1-6-8-9-10-11-12-13-20(14-15-21(25)27-18-19(3)4)28-22(26)23-16-17-24(5)7-2/h19-20H,6-18H2,1-5H3,(H,23,26). The van der Waals surface area contributed by atoms with Crippen LogP contribution in [0, 0.1) is 5.92 Å². The highest BCUT2D eigenvalue weighted by molar-refractivity contribution is 5.69. The SMILES string of the molecule is CCCCCCCCC(CCC(=O)OCC(C)C)OC(=O)NCCN(C)CC. The maximum absolute atomic E-state index is 12.1. The minimum absolute atomic E-state index is 0.213. The summed E-state index contributed by atoms with van der Waals surface area (Å²) in [4.78, 5) is 26.1. The van der Waals surface area contributed by atoms with Gasteiger partial charge in [0.1, 0.15) is 6.10 Å². The summed E-state index contributed by atoms with van der Waals surface area (Å²) < 4.78 is 10.8. The molecule has 1 unspecified atom stereocenters. The van der Waals surface area contributed by atoms with Crippen LogP contribution in [-0.4, -0.2) is 56.4 Å². The van der Waals surface area contributed by atoms with Crippen LogP contribution in [0.15, 0.2) is 0 Å². The molecule has 1 N–H and O–H groups in total. The molecule has 0 radical (unpaired) electrons. The van der Waals surface area contributed by atoms with E-state index >= 15 is 0 Å². The Morgan fingerprint density at radius 3 is 2.32 bits per heavy atom. The summed E-state index contributed by atoms with van der Waals surface area (Å²) >= 11 is 0. The van der Waals surface area contributed by atoms with Crippen molar-refractivity contribution in [3.8, 4) is 0 Å². The zero-order valence-corrected chi connectivity index (χ0v) is 18.9. The minimum atomic E-state index is -0.393. The second-order valence-electron chi connectivity index (χ2n) is 8.02. The number of unbranched alkanes of at least 4 members (excludes halogenated alkanes) is 5. The molecule has 0 heterocycles. The molecule has 0 saturated carbocycles. The predicted molar refractivity (Wildman–Crippen MR) is 114 cm³/mol. The van der Waals surface area contributed by atoms with E-state index < -0.39 is 6.09 Å². The summed E-state index contributed by atoms with van der Waals surface area (Å²) in [6.07, 6.45) is 8.12. The summed E-state index contributed by atoms with van der Waals surface area (Å²) in [6.45, 7) is 11.0. The average molecular weight is 401 g/mol. The first-order valence-corrected chi connectivity index (χ1v) is 11.2. The fourth-order valence-corrected chi connectivity index (χ4v) is 2.73. The number of amides is 1. The lowest BCUT2D eigenvalue weighted by molar-refractivity contribution is -0.145. The Bertz CT molecular complexity index is 402. The largest absolute Gasteiger partial charge is 0.465 e. The normalized spacial score (nSPS) is 12.2. The van der Waals surface area contributed by atoms with Crippen molar-refractivity contribution in [1.82, 2.24) is 10.2 Å². The van der Waals surface area contributed by atoms with E-state index in [1.807, 2.05) is 20.9 Å². The van der Waals surface area contributed by atoms with E-state index in [0.717, 1.165) is 32.4 Å². The topological polar surface area (TPSA) is 67.9 Å². The molecular weight excluding hydrogens is 356 g/mol. The average Bonchev–Trinajstić information content (AvgIpc) is 2.66. The van der Waals surface area contributed by atoms with E-state index in [0.29, 0.717) is 31.9 Å². The van der Waals surface area contributed by atoms with Crippen LogP contribution in [0.3, 0.4) is 0 Å². The molecule has 1 amide bonds. The summed E-state index contributed by atoms with van der Waals surface area (Å²) in [5, 5.41) is 2.81. The molecule has 0 aromatic rings. The second-order valence-corrected chi connectivity index (χ2v) is 8.02. The van der Waals surface area contributed by atoms with Crippen LogP contribution < -0.4 is 5.32 Å². The van der Waals surface area contributed by atoms with Gasteiger partial charge < -0.3 is 19.7 Å². The van der Waals surface area contributed by atoms with Crippen LogP contribution in [0.25, 0.3) is 0 Å². The summed E-state index contributed by atoms with van der Waals surface area (Å²) in [6, 6.07) is 0. The third-order valence-corrected chi connectivity index (χ3v) is 4.70. The van der Waals surface area contributed by atoms with Crippen LogP contribution in [0.4, 0.5) is 4.79 Å². The number of nitrogens with one attached hydrogen (secondary N) is 1. The summed E-state index contributed by atoms with van der Waals surface area (Å²) in [7, 11) is 2.01. The number of esters is 1. The van der Waals surface area contributed by atoms with Gasteiger partial charge in [-0.3, -0.25) is 4.79 Å². The number of rotatable bonds is 17. The maximum Gasteiger partial charge on any atom is 0.407 e. The first kappa shape index (κ1) is 26.7. The summed E-state index contributed by atoms with van der Waals surface area (Å²) in [5.41, 5.74) is 0. The highest BCUT2D eigenvalue weighted by atomic mass is 16.6. The minimum Gasteiger partial charge on any atom is -0.465 e. The van der Waals surface area contributed by atoms with Crippen molar-refractivity contribution in [1.29, 1.82) is 0 Å². The fraction of sp³-hybridized carbons (Fsp3) is 0.909. The molecular formula is C22H44N2O4. The van der Waals surface area contributed by atoms with Crippen molar-refractivity contribution < 1.29 is 19.1 Å². The molecule has 0 bridgehead atoms. The van der Waals surface area contributed by atoms with Gasteiger partial charge >= 0.3 is 12.1 Å². The molecule has 0 saturated heterocycles. The molecule has 0 aliphatic rings. The lowest BCUT2D eigenvalue weighted by atomic mass is 10.0. The number of ether oxygens (including phenoxy) is 2. The van der Waals surface area contributed by atoms with Gasteiger partial charge in [-0.2, -0.15) is 0 Å². The zero-order valence-electron chi connectivity index (χ0n) is 18.9. The molecule has 0 aromatic carbocycles. The number of carbonyl (C=O) groups excluding carboxylic acids is 2. The van der Waals surface area contributed by atoms with Crippen molar-refractivity contribution in [2.24, 2.45) is 5.92 Å². The van der Waals surface area contributed by atoms with Crippen molar-refractivity contribution in [3.05, 3.63) is 0 Å². The number of hydrogen-bond acceptors (Lipinski definition) is 5. The van der Waals surface area contributed by atoms with Crippen LogP contribution in [0.2, 0.25) is 0 Å². The van der Waals surface area contributed by atoms with Gasteiger partial charge in [0, 0.05) is 19.5 Å². The Kier molecular flexibility index (Phi) is 16.9. The molecule has 0 aliphatic carbocycles. The van der Waals surface area contributed by atoms with E-state index in [9.17, 15) is 9.59 Å². The fourth-order valence-electron chi connectivity index (χ4n) is 2.73. The van der Waals surface area contributed by atoms with Crippen LogP contribution in [0.1, 0.15) is 85.5 Å². The van der Waals surface area contributed by atoms with Gasteiger partial charge in [0.15, 0.2) is 0 Å². The second kappa shape index (κ2) is 17.8. The van der Waals surface area contributed by atoms with Gasteiger partial charge in [0.25, 0.3) is 0 Å². The highest BCUT2D eigenvalue weighted by Gasteiger charge is 2.17. The molecule has 1 atom stereocenters. The van der Waals surface area contributed by atoms with Crippen molar-refractivity contribution >= 4 is 12.1 Å². The van der Waals surface area contributed by atoms with Gasteiger partial charge in [0.2, 0.25) is 0 Å². The van der Waals surface area contributed by atoms with E-state index in [2.05, 4.69) is 24.1 Å². The molecule has 0 spiro atoms. The highest BCUT2D eigenvalue weighted by Crippen LogP contribution is 2.15. The molecule has 0 fully saturated rings. The molecule has 166 valence electrons. The smallest absolute Gasteiger partial charge is 0.407 e. The summed E-state index contributed by atoms with van der Waals surface area (Å²) in [5.74, 6) is 0.112. The molecule has 0 rings (SSSR count). The van der Waals surface area contributed by atoms with Crippen molar-refractivity contribution in [3.63, 3.8) is 0 Å². The Morgan fingerprint density at radius 1 is 1.00 bits per heavy atom. The van der Waals surface area contributed by atoms with E-state index in [1.165, 1.54) is 25.7 Å². The quantitative estimate of drug-likeness (QED) is 0.281. The van der Waals surface area contributed by atoms with Crippen molar-refractivity contribution in [2.45, 2.75) is 91.6 Å². The maximum atomic E-state index is 12.1. The Balaban J connectivity index is 4.29. The lowest BCUT2D eigenvalue weighted by Crippen LogP contribution is -2.35. The molecule has 6 nitrogen and oxygen atoms in total. The molecule has 6 heteroatoms. The Labute approximate surface area is 172 Å². The van der Waals surface area contributed by atoms with Gasteiger partial charge in [0.05, 0.1) is 6.61 Å². The van der Waals surface area contributed by atoms with E-state index in [-0.39, 0.29) is 12.1 Å². The number of carbonyl (C=O) groups is 2. The van der Waals surface area contributed by atoms with Crippen LogP contribution in [-0.2, 0) is 14.3 Å². The van der Waals surface area contributed by atoms with E-state index in [1.54, 1.807) is 0 Å². The van der Waals surface area contributed by atoms with Crippen LogP contribution >= 0.6 is 0 Å². The molecule has 0 aliphatic heterocycles. The number of nitrogens with zero attached hydrogens (tertiary/aromatic N) is 1. The van der Waals surface area contributed by atoms with Gasteiger partial charge in [-0.15, -0.1) is 0 Å².